The molecule has 2 N–H and O–H groups in total. The van der Waals surface area contributed by atoms with E-state index in [1.165, 1.54) is 40.6 Å². The Hall–Kier alpha value is -3.62. The van der Waals surface area contributed by atoms with Crippen molar-refractivity contribution in [3.8, 4) is 0 Å². The molecule has 37 heavy (non-hydrogen) atoms. The second-order valence-electron chi connectivity index (χ2n) is 8.96. The van der Waals surface area contributed by atoms with Crippen molar-refractivity contribution in [2.75, 3.05) is 10.6 Å². The number of aromatic nitrogens is 3. The zero-order valence-electron chi connectivity index (χ0n) is 20.5. The molecular weight excluding hydrogens is 509 g/mol. The highest BCUT2D eigenvalue weighted by Crippen LogP contribution is 2.37. The minimum atomic E-state index is -0.591. The van der Waals surface area contributed by atoms with Crippen LogP contribution in [-0.4, -0.2) is 20.7 Å². The number of halogens is 2. The summed E-state index contributed by atoms with van der Waals surface area (Å²) in [7, 11) is 0. The summed E-state index contributed by atoms with van der Waals surface area (Å²) in [5.74, 6) is 0.590. The highest BCUT2D eigenvalue weighted by Gasteiger charge is 2.34. The smallest absolute Gasteiger partial charge is 0.255 e. The SMILES string of the molecule is CC1=C(C(=O)Nc2ccc(Cl)cc2)[C@H](c2ccc(F)cc2)n2nc(SCc3ccc(C)cc3C)nc2N1. The number of carbonyl (C=O) groups is 1. The molecule has 4 aromatic rings. The first-order chi connectivity index (χ1) is 17.8. The summed E-state index contributed by atoms with van der Waals surface area (Å²) < 4.78 is 15.5. The van der Waals surface area contributed by atoms with Gasteiger partial charge in [0.1, 0.15) is 11.9 Å². The van der Waals surface area contributed by atoms with Crippen molar-refractivity contribution in [1.82, 2.24) is 14.8 Å². The van der Waals surface area contributed by atoms with E-state index in [0.717, 1.165) is 5.56 Å². The second-order valence-corrected chi connectivity index (χ2v) is 10.3. The average Bonchev–Trinajstić information content (AvgIpc) is 3.27. The number of allylic oxidation sites excluding steroid dienone is 1. The van der Waals surface area contributed by atoms with E-state index in [1.807, 2.05) is 6.92 Å². The first-order valence-corrected chi connectivity index (χ1v) is 13.1. The standard InChI is InChI=1S/C28H25ClFN5OS/c1-16-4-5-20(17(2)14-16)15-37-28-33-27-31-18(3)24(26(36)32-23-12-8-21(29)9-13-23)25(35(27)34-28)19-6-10-22(30)11-7-19/h4-14,25H,15H2,1-3H3,(H,32,36)(H,31,33,34)/t25-/m0/s1. The summed E-state index contributed by atoms with van der Waals surface area (Å²) in [5.41, 5.74) is 6.10. The van der Waals surface area contributed by atoms with Gasteiger partial charge in [-0.15, -0.1) is 5.10 Å². The third-order valence-electron chi connectivity index (χ3n) is 6.22. The molecule has 0 aliphatic carbocycles. The van der Waals surface area contributed by atoms with Gasteiger partial charge in [0.2, 0.25) is 11.1 Å². The van der Waals surface area contributed by atoms with Crippen LogP contribution < -0.4 is 10.6 Å². The van der Waals surface area contributed by atoms with Crippen LogP contribution in [0, 0.1) is 19.7 Å². The number of carbonyl (C=O) groups excluding carboxylic acids is 1. The maximum Gasteiger partial charge on any atom is 0.255 e. The van der Waals surface area contributed by atoms with Crippen LogP contribution in [0.15, 0.2) is 83.2 Å². The summed E-state index contributed by atoms with van der Waals surface area (Å²) in [5, 5.41) is 12.1. The van der Waals surface area contributed by atoms with E-state index in [-0.39, 0.29) is 11.7 Å². The summed E-state index contributed by atoms with van der Waals surface area (Å²) >= 11 is 7.52. The van der Waals surface area contributed by atoms with Crippen molar-refractivity contribution in [3.63, 3.8) is 0 Å². The van der Waals surface area contributed by atoms with Crippen molar-refractivity contribution in [1.29, 1.82) is 0 Å². The van der Waals surface area contributed by atoms with Crippen LogP contribution in [0.4, 0.5) is 16.0 Å². The fraction of sp³-hybridized carbons (Fsp3) is 0.179. The molecule has 1 atom stereocenters. The van der Waals surface area contributed by atoms with Crippen molar-refractivity contribution in [3.05, 3.63) is 111 Å². The quantitative estimate of drug-likeness (QED) is 0.263. The zero-order chi connectivity index (χ0) is 26.1. The second kappa shape index (κ2) is 10.4. The summed E-state index contributed by atoms with van der Waals surface area (Å²) in [6, 6.07) is 18.8. The Kier molecular flexibility index (Phi) is 7.04. The van der Waals surface area contributed by atoms with E-state index in [1.54, 1.807) is 41.1 Å². The highest BCUT2D eigenvalue weighted by atomic mass is 35.5. The molecule has 3 aromatic carbocycles. The van der Waals surface area contributed by atoms with Gasteiger partial charge in [0, 0.05) is 22.2 Å². The molecule has 1 aromatic heterocycles. The Morgan fingerprint density at radius 3 is 2.51 bits per heavy atom. The number of amides is 1. The summed E-state index contributed by atoms with van der Waals surface area (Å²) in [6.45, 7) is 6.00. The van der Waals surface area contributed by atoms with E-state index in [0.29, 0.717) is 38.8 Å². The predicted octanol–water partition coefficient (Wildman–Crippen LogP) is 6.91. The minimum absolute atomic E-state index is 0.299. The molecule has 5 rings (SSSR count). The maximum atomic E-state index is 13.8. The largest absolute Gasteiger partial charge is 0.328 e. The van der Waals surface area contributed by atoms with Crippen LogP contribution in [-0.2, 0) is 10.5 Å². The first kappa shape index (κ1) is 25.0. The van der Waals surface area contributed by atoms with Crippen LogP contribution in [0.5, 0.6) is 0 Å². The van der Waals surface area contributed by atoms with Crippen LogP contribution in [0.1, 0.15) is 35.2 Å². The van der Waals surface area contributed by atoms with Crippen molar-refractivity contribution in [2.24, 2.45) is 0 Å². The number of benzene rings is 3. The van der Waals surface area contributed by atoms with Crippen LogP contribution in [0.3, 0.4) is 0 Å². The molecule has 2 heterocycles. The van der Waals surface area contributed by atoms with Gasteiger partial charge >= 0.3 is 0 Å². The lowest BCUT2D eigenvalue weighted by atomic mass is 9.95. The molecule has 0 saturated carbocycles. The Bertz CT molecular complexity index is 1500. The fourth-order valence-corrected chi connectivity index (χ4v) is 5.35. The van der Waals surface area contributed by atoms with Gasteiger partial charge in [-0.25, -0.2) is 9.07 Å². The number of aryl methyl sites for hydroxylation is 2. The Morgan fingerprint density at radius 2 is 1.81 bits per heavy atom. The molecule has 0 radical (unpaired) electrons. The Balaban J connectivity index is 1.47. The molecule has 188 valence electrons. The van der Waals surface area contributed by atoms with Crippen LogP contribution in [0.2, 0.25) is 5.02 Å². The molecule has 1 aliphatic heterocycles. The molecule has 0 bridgehead atoms. The topological polar surface area (TPSA) is 71.8 Å². The molecule has 0 unspecified atom stereocenters. The van der Waals surface area contributed by atoms with E-state index >= 15 is 0 Å². The van der Waals surface area contributed by atoms with Crippen molar-refractivity contribution >= 4 is 40.9 Å². The number of nitrogens with one attached hydrogen (secondary N) is 2. The van der Waals surface area contributed by atoms with Gasteiger partial charge in [-0.05, 0) is 73.9 Å². The van der Waals surface area contributed by atoms with Crippen molar-refractivity contribution < 1.29 is 9.18 Å². The van der Waals surface area contributed by atoms with E-state index < -0.39 is 6.04 Å². The molecule has 9 heteroatoms. The number of hydrogen-bond acceptors (Lipinski definition) is 5. The van der Waals surface area contributed by atoms with Gasteiger partial charge in [0.05, 0.1) is 5.57 Å². The third kappa shape index (κ3) is 5.40. The third-order valence-corrected chi connectivity index (χ3v) is 7.36. The molecule has 1 aliphatic rings. The van der Waals surface area contributed by atoms with Gasteiger partial charge in [-0.1, -0.05) is 59.3 Å². The van der Waals surface area contributed by atoms with Gasteiger partial charge in [0.25, 0.3) is 5.91 Å². The lowest BCUT2D eigenvalue weighted by Gasteiger charge is -2.28. The van der Waals surface area contributed by atoms with E-state index in [2.05, 4.69) is 42.7 Å². The maximum absolute atomic E-state index is 13.8. The number of anilines is 2. The molecule has 6 nitrogen and oxygen atoms in total. The minimum Gasteiger partial charge on any atom is -0.328 e. The van der Waals surface area contributed by atoms with Gasteiger partial charge in [0.15, 0.2) is 0 Å². The van der Waals surface area contributed by atoms with E-state index in [4.69, 9.17) is 21.7 Å². The number of thioether (sulfide) groups is 1. The van der Waals surface area contributed by atoms with Gasteiger partial charge in [-0.2, -0.15) is 4.98 Å². The fourth-order valence-electron chi connectivity index (χ4n) is 4.32. The average molecular weight is 534 g/mol. The normalized spacial score (nSPS) is 14.8. The monoisotopic (exact) mass is 533 g/mol. The van der Waals surface area contributed by atoms with Gasteiger partial charge in [-0.3, -0.25) is 4.79 Å². The number of hydrogen-bond donors (Lipinski definition) is 2. The summed E-state index contributed by atoms with van der Waals surface area (Å²) in [4.78, 5) is 18.2. The number of fused-ring (bicyclic) bond motifs is 1. The number of nitrogens with zero attached hydrogens (tertiary/aromatic N) is 3. The first-order valence-electron chi connectivity index (χ1n) is 11.7. The molecule has 0 fully saturated rings. The van der Waals surface area contributed by atoms with E-state index in [9.17, 15) is 9.18 Å². The van der Waals surface area contributed by atoms with Crippen LogP contribution in [0.25, 0.3) is 0 Å². The predicted molar refractivity (Wildman–Crippen MR) is 146 cm³/mol. The van der Waals surface area contributed by atoms with Gasteiger partial charge < -0.3 is 10.6 Å². The Morgan fingerprint density at radius 1 is 1.08 bits per heavy atom. The molecular formula is C28H25ClFN5OS. The molecule has 0 saturated heterocycles. The molecule has 1 amide bonds. The lowest BCUT2D eigenvalue weighted by molar-refractivity contribution is -0.113. The summed E-state index contributed by atoms with van der Waals surface area (Å²) in [6.07, 6.45) is 0. The highest BCUT2D eigenvalue weighted by molar-refractivity contribution is 7.98. The lowest BCUT2D eigenvalue weighted by Crippen LogP contribution is -2.31. The molecule has 0 spiro atoms. The van der Waals surface area contributed by atoms with Crippen LogP contribution >= 0.6 is 23.4 Å². The Labute approximate surface area is 224 Å². The number of rotatable bonds is 6. The zero-order valence-corrected chi connectivity index (χ0v) is 22.1. The van der Waals surface area contributed by atoms with Crippen molar-refractivity contribution in [2.45, 2.75) is 37.7 Å².